The van der Waals surface area contributed by atoms with Crippen LogP contribution < -0.4 is 0 Å². The maximum atomic E-state index is 13.1. The van der Waals surface area contributed by atoms with Gasteiger partial charge in [0.15, 0.2) is 12.2 Å². The van der Waals surface area contributed by atoms with Gasteiger partial charge in [-0.3, -0.25) is 37.3 Å². The molecule has 0 aromatic carbocycles. The van der Waals surface area contributed by atoms with E-state index in [1.807, 2.05) is 0 Å². The zero-order chi connectivity index (χ0) is 73.2. The maximum Gasteiger partial charge on any atom is 0.472 e. The van der Waals surface area contributed by atoms with E-state index in [1.54, 1.807) is 0 Å². The first-order valence-corrected chi connectivity index (χ1v) is 42.5. The average molecular weight is 1450 g/mol. The lowest BCUT2D eigenvalue weighted by atomic mass is 10.1. The maximum absolute atomic E-state index is 13.1. The summed E-state index contributed by atoms with van der Waals surface area (Å²) in [5, 5.41) is 10.6. The molecular weight excluding hydrogens is 1310 g/mol. The van der Waals surface area contributed by atoms with Crippen LogP contribution in [0.15, 0.2) is 97.2 Å². The molecule has 19 heteroatoms. The predicted octanol–water partition coefficient (Wildman–Crippen LogP) is 22.8. The number of aliphatic hydroxyl groups excluding tert-OH is 1. The third kappa shape index (κ3) is 72.3. The summed E-state index contributed by atoms with van der Waals surface area (Å²) in [4.78, 5) is 72.9. The molecule has 0 aromatic rings. The molecule has 578 valence electrons. The highest BCUT2D eigenvalue weighted by molar-refractivity contribution is 7.47. The molecule has 17 nitrogen and oxygen atoms in total. The number of carbonyl (C=O) groups is 4. The van der Waals surface area contributed by atoms with Crippen LogP contribution in [-0.4, -0.2) is 96.7 Å². The van der Waals surface area contributed by atoms with E-state index in [0.717, 1.165) is 193 Å². The van der Waals surface area contributed by atoms with Crippen LogP contribution in [0.4, 0.5) is 0 Å². The molecule has 5 atom stereocenters. The van der Waals surface area contributed by atoms with Crippen LogP contribution in [0.5, 0.6) is 0 Å². The Morgan fingerprint density at radius 1 is 0.290 bits per heavy atom. The normalized spacial score (nSPS) is 14.4. The topological polar surface area (TPSA) is 237 Å². The highest BCUT2D eigenvalue weighted by atomic mass is 31.2. The summed E-state index contributed by atoms with van der Waals surface area (Å²) < 4.78 is 68.5. The molecule has 0 fully saturated rings. The summed E-state index contributed by atoms with van der Waals surface area (Å²) >= 11 is 0. The van der Waals surface area contributed by atoms with Crippen LogP contribution in [0.1, 0.15) is 336 Å². The number of ether oxygens (including phenoxy) is 4. The summed E-state index contributed by atoms with van der Waals surface area (Å²) in [6, 6.07) is 0. The van der Waals surface area contributed by atoms with E-state index in [-0.39, 0.29) is 25.7 Å². The Labute approximate surface area is 607 Å². The average Bonchev–Trinajstić information content (AvgIpc) is 0.930. The zero-order valence-electron chi connectivity index (χ0n) is 63.1. The summed E-state index contributed by atoms with van der Waals surface area (Å²) in [6.45, 7) is 4.63. The number of hydrogen-bond acceptors (Lipinski definition) is 15. The number of carbonyl (C=O) groups excluding carboxylic acids is 4. The second kappa shape index (κ2) is 73.3. The van der Waals surface area contributed by atoms with E-state index in [2.05, 4.69) is 125 Å². The smallest absolute Gasteiger partial charge is 0.462 e. The van der Waals surface area contributed by atoms with Crippen molar-refractivity contribution < 1.29 is 80.2 Å². The number of allylic oxidation sites excluding steroid dienone is 16. The van der Waals surface area contributed by atoms with Crippen molar-refractivity contribution in [3.63, 3.8) is 0 Å². The lowest BCUT2D eigenvalue weighted by Crippen LogP contribution is -2.30. The number of phosphoric acid groups is 2. The number of esters is 4. The van der Waals surface area contributed by atoms with E-state index in [4.69, 9.17) is 37.0 Å². The second-order valence-corrected chi connectivity index (χ2v) is 29.2. The molecule has 0 aliphatic heterocycles. The van der Waals surface area contributed by atoms with Crippen molar-refractivity contribution in [2.24, 2.45) is 0 Å². The Morgan fingerprint density at radius 2 is 0.520 bits per heavy atom. The Balaban J connectivity index is 5.34. The molecule has 0 radical (unpaired) electrons. The summed E-state index contributed by atoms with van der Waals surface area (Å²) in [5.41, 5.74) is 0. The van der Waals surface area contributed by atoms with Crippen LogP contribution in [0.2, 0.25) is 0 Å². The largest absolute Gasteiger partial charge is 0.472 e. The van der Waals surface area contributed by atoms with Gasteiger partial charge in [0.1, 0.15) is 19.3 Å². The lowest BCUT2D eigenvalue weighted by Gasteiger charge is -2.21. The van der Waals surface area contributed by atoms with Crippen LogP contribution in [-0.2, 0) is 65.4 Å². The molecule has 0 aliphatic rings. The van der Waals surface area contributed by atoms with Gasteiger partial charge in [0.25, 0.3) is 0 Å². The van der Waals surface area contributed by atoms with E-state index in [0.29, 0.717) is 25.7 Å². The third-order valence-electron chi connectivity index (χ3n) is 16.5. The fraction of sp³-hybridized carbons (Fsp3) is 0.753. The second-order valence-electron chi connectivity index (χ2n) is 26.2. The summed E-state index contributed by atoms with van der Waals surface area (Å²) in [6.07, 6.45) is 76.7. The third-order valence-corrected chi connectivity index (χ3v) is 18.4. The molecule has 0 saturated heterocycles. The minimum Gasteiger partial charge on any atom is -0.462 e. The van der Waals surface area contributed by atoms with E-state index < -0.39 is 97.5 Å². The van der Waals surface area contributed by atoms with E-state index >= 15 is 0 Å². The molecule has 0 saturated carbocycles. The standard InChI is InChI=1S/C81H142O17P2/c1-5-9-13-17-21-25-29-32-34-36-37-39-40-43-47-50-54-58-62-66-79(84)92-72-77(98-81(86)68-64-60-56-52-48-44-41-38-35-33-30-26-22-18-14-10-6-2)74-96-100(89,90)94-70-75(82)69-93-99(87,88)95-73-76(97-80(85)67-63-59-55-51-45-28-24-20-16-12-8-4)71-91-78(83)65-61-57-53-49-46-42-31-27-23-19-15-11-7-3/h9-10,13-14,21-22,25-27,31-35,37,39,75-77,82H,5-8,11-12,15-20,23-24,28-30,36,38,40-74H2,1-4H3,(H,87,88)(H,89,90)/b13-9-,14-10-,25-21-,26-22-,31-27-,34-32-,35-33-,39-37-. The highest BCUT2D eigenvalue weighted by Crippen LogP contribution is 2.45. The summed E-state index contributed by atoms with van der Waals surface area (Å²) in [7, 11) is -9.95. The van der Waals surface area contributed by atoms with Crippen molar-refractivity contribution in [3.05, 3.63) is 97.2 Å². The lowest BCUT2D eigenvalue weighted by molar-refractivity contribution is -0.161. The monoisotopic (exact) mass is 1450 g/mol. The van der Waals surface area contributed by atoms with Gasteiger partial charge in [-0.25, -0.2) is 9.13 Å². The molecule has 0 aliphatic carbocycles. The molecular formula is C81H142O17P2. The Hall–Kier alpha value is -4.02. The summed E-state index contributed by atoms with van der Waals surface area (Å²) in [5.74, 6) is -2.19. The van der Waals surface area contributed by atoms with Crippen LogP contribution in [0.25, 0.3) is 0 Å². The first-order valence-electron chi connectivity index (χ1n) is 39.5. The number of phosphoric ester groups is 2. The molecule has 0 spiro atoms. The van der Waals surface area contributed by atoms with Crippen molar-refractivity contribution in [1.82, 2.24) is 0 Å². The SMILES string of the molecule is CC/C=C\C/C=C\C/C=C\C/C=C\CCCCCCCCC(=O)OCC(COP(=O)(O)OCC(O)COP(=O)(O)OCC(COC(=O)CCCCCCC/C=C\CCCCCC)OC(=O)CCCCCCCCCCCCC)OC(=O)CCCCCCCCC/C=C\C/C=C\C/C=C\CC. The molecule has 0 aromatic heterocycles. The first kappa shape index (κ1) is 96.0. The van der Waals surface area contributed by atoms with Gasteiger partial charge in [0, 0.05) is 25.7 Å². The van der Waals surface area contributed by atoms with Crippen molar-refractivity contribution in [1.29, 1.82) is 0 Å². The van der Waals surface area contributed by atoms with Crippen molar-refractivity contribution in [2.75, 3.05) is 39.6 Å². The van der Waals surface area contributed by atoms with Crippen molar-refractivity contribution >= 4 is 39.5 Å². The van der Waals surface area contributed by atoms with Gasteiger partial charge >= 0.3 is 39.5 Å². The fourth-order valence-corrected chi connectivity index (χ4v) is 12.2. The van der Waals surface area contributed by atoms with Crippen molar-refractivity contribution in [2.45, 2.75) is 354 Å². The molecule has 0 rings (SSSR count). The molecule has 100 heavy (non-hydrogen) atoms. The number of aliphatic hydroxyl groups is 1. The van der Waals surface area contributed by atoms with Gasteiger partial charge in [-0.1, -0.05) is 285 Å². The molecule has 0 amide bonds. The first-order chi connectivity index (χ1) is 48.7. The molecule has 3 N–H and O–H groups in total. The van der Waals surface area contributed by atoms with E-state index in [1.165, 1.54) is 64.2 Å². The van der Waals surface area contributed by atoms with Gasteiger partial charge in [-0.2, -0.15) is 0 Å². The van der Waals surface area contributed by atoms with Gasteiger partial charge in [0.2, 0.25) is 0 Å². The quantitative estimate of drug-likeness (QED) is 0.0169. The Morgan fingerprint density at radius 3 is 0.820 bits per heavy atom. The van der Waals surface area contributed by atoms with Gasteiger partial charge in [-0.15, -0.1) is 0 Å². The Bertz CT molecular complexity index is 2270. The number of unbranched alkanes of at least 4 members (excludes halogenated alkanes) is 32. The number of hydrogen-bond donors (Lipinski definition) is 3. The van der Waals surface area contributed by atoms with Crippen LogP contribution >= 0.6 is 15.6 Å². The highest BCUT2D eigenvalue weighted by Gasteiger charge is 2.30. The minimum atomic E-state index is -4.98. The van der Waals surface area contributed by atoms with Gasteiger partial charge in [-0.05, 0) is 122 Å². The van der Waals surface area contributed by atoms with Crippen LogP contribution in [0.3, 0.4) is 0 Å². The zero-order valence-corrected chi connectivity index (χ0v) is 64.9. The Kier molecular flexibility index (Phi) is 70.4. The van der Waals surface area contributed by atoms with Crippen molar-refractivity contribution in [3.8, 4) is 0 Å². The van der Waals surface area contributed by atoms with Crippen LogP contribution in [0, 0.1) is 0 Å². The molecule has 0 bridgehead atoms. The van der Waals surface area contributed by atoms with E-state index in [9.17, 15) is 43.2 Å². The number of rotatable bonds is 74. The van der Waals surface area contributed by atoms with Gasteiger partial charge in [0.05, 0.1) is 26.4 Å². The predicted molar refractivity (Wildman–Crippen MR) is 409 cm³/mol. The molecule has 0 heterocycles. The fourth-order valence-electron chi connectivity index (χ4n) is 10.6. The molecule has 5 unspecified atom stereocenters. The minimum absolute atomic E-state index is 0.0802. The van der Waals surface area contributed by atoms with Gasteiger partial charge < -0.3 is 33.8 Å².